The van der Waals surface area contributed by atoms with E-state index >= 15 is 0 Å². The smallest absolute Gasteiger partial charge is 0.159 e. The van der Waals surface area contributed by atoms with Crippen molar-refractivity contribution in [3.63, 3.8) is 0 Å². The molecule has 0 aliphatic heterocycles. The van der Waals surface area contributed by atoms with Crippen LogP contribution in [-0.2, 0) is 0 Å². The van der Waals surface area contributed by atoms with Crippen molar-refractivity contribution >= 4 is 71.7 Å². The standard InChI is InChI=1S/C52H33NO2/c1-3-11-34(12-4-1)37-19-21-39(22-20-37)41-32-45-51-49(30-29-48-50(51)44-17-9-10-18-47(44)54-48)55-52(45)46(33-41)53(43-28-25-36-15-7-8-16-40(36)31-43)42-26-23-38(24-27-42)35-13-5-2-6-14-35/h1-33H. The lowest BCUT2D eigenvalue weighted by molar-refractivity contribution is 0.663. The zero-order valence-electron chi connectivity index (χ0n) is 29.8. The van der Waals surface area contributed by atoms with Crippen molar-refractivity contribution in [2.45, 2.75) is 0 Å². The lowest BCUT2D eigenvalue weighted by Crippen LogP contribution is -2.10. The Morgan fingerprint density at radius 2 is 0.836 bits per heavy atom. The molecule has 0 aliphatic rings. The first-order chi connectivity index (χ1) is 27.2. The van der Waals surface area contributed by atoms with Crippen LogP contribution in [0.2, 0.25) is 0 Å². The highest BCUT2D eigenvalue weighted by atomic mass is 16.3. The van der Waals surface area contributed by atoms with E-state index in [2.05, 4.69) is 181 Å². The summed E-state index contributed by atoms with van der Waals surface area (Å²) in [6.07, 6.45) is 0. The highest BCUT2D eigenvalue weighted by Crippen LogP contribution is 2.48. The van der Waals surface area contributed by atoms with Crippen molar-refractivity contribution in [3.8, 4) is 33.4 Å². The Labute approximate surface area is 317 Å². The molecule has 0 saturated carbocycles. The maximum atomic E-state index is 7.00. The number of hydrogen-bond donors (Lipinski definition) is 0. The quantitative estimate of drug-likeness (QED) is 0.173. The molecule has 0 spiro atoms. The molecule has 0 radical (unpaired) electrons. The number of nitrogens with zero attached hydrogens (tertiary/aromatic N) is 1. The van der Waals surface area contributed by atoms with Crippen molar-refractivity contribution in [1.29, 1.82) is 0 Å². The first kappa shape index (κ1) is 31.2. The van der Waals surface area contributed by atoms with Crippen LogP contribution in [0.4, 0.5) is 17.1 Å². The molecule has 0 unspecified atom stereocenters. The molecular weight excluding hydrogens is 671 g/mol. The topological polar surface area (TPSA) is 29.5 Å². The summed E-state index contributed by atoms with van der Waals surface area (Å²) in [5.74, 6) is 0. The van der Waals surface area contributed by atoms with Crippen LogP contribution in [0.5, 0.6) is 0 Å². The molecule has 11 rings (SSSR count). The second-order valence-electron chi connectivity index (χ2n) is 14.1. The average molecular weight is 704 g/mol. The van der Waals surface area contributed by atoms with E-state index in [0.717, 1.165) is 77.6 Å². The van der Waals surface area contributed by atoms with Gasteiger partial charge in [0.1, 0.15) is 16.7 Å². The van der Waals surface area contributed by atoms with Gasteiger partial charge in [-0.3, -0.25) is 0 Å². The fourth-order valence-electron chi connectivity index (χ4n) is 8.16. The molecule has 2 aromatic heterocycles. The third-order valence-corrected chi connectivity index (χ3v) is 10.8. The van der Waals surface area contributed by atoms with Crippen molar-refractivity contribution in [2.24, 2.45) is 0 Å². The predicted octanol–water partition coefficient (Wildman–Crippen LogP) is 15.1. The highest BCUT2D eigenvalue weighted by molar-refractivity contribution is 6.27. The number of hydrogen-bond acceptors (Lipinski definition) is 3. The fraction of sp³-hybridized carbons (Fsp3) is 0. The fourth-order valence-corrected chi connectivity index (χ4v) is 8.16. The van der Waals surface area contributed by atoms with Gasteiger partial charge in [0.25, 0.3) is 0 Å². The van der Waals surface area contributed by atoms with Gasteiger partial charge in [0.2, 0.25) is 0 Å². The minimum Gasteiger partial charge on any atom is -0.456 e. The summed E-state index contributed by atoms with van der Waals surface area (Å²) in [5.41, 5.74) is 13.3. The van der Waals surface area contributed by atoms with Crippen LogP contribution in [-0.4, -0.2) is 0 Å². The molecule has 0 bridgehead atoms. The second-order valence-corrected chi connectivity index (χ2v) is 14.1. The Kier molecular flexibility index (Phi) is 7.17. The summed E-state index contributed by atoms with van der Waals surface area (Å²) in [6, 6.07) is 71.0. The van der Waals surface area contributed by atoms with Crippen molar-refractivity contribution < 1.29 is 8.83 Å². The molecule has 0 aliphatic carbocycles. The van der Waals surface area contributed by atoms with Crippen molar-refractivity contribution in [2.75, 3.05) is 4.90 Å². The lowest BCUT2D eigenvalue weighted by atomic mass is 9.97. The Balaban J connectivity index is 1.20. The summed E-state index contributed by atoms with van der Waals surface area (Å²) < 4.78 is 13.4. The largest absolute Gasteiger partial charge is 0.456 e. The zero-order valence-corrected chi connectivity index (χ0v) is 29.8. The van der Waals surface area contributed by atoms with E-state index in [1.54, 1.807) is 0 Å². The molecule has 11 aromatic rings. The van der Waals surface area contributed by atoms with Crippen LogP contribution in [0.25, 0.3) is 88.0 Å². The first-order valence-electron chi connectivity index (χ1n) is 18.7. The van der Waals surface area contributed by atoms with Crippen LogP contribution >= 0.6 is 0 Å². The van der Waals surface area contributed by atoms with E-state index in [1.807, 2.05) is 24.3 Å². The molecule has 55 heavy (non-hydrogen) atoms. The number of fused-ring (bicyclic) bond motifs is 8. The average Bonchev–Trinajstić information content (AvgIpc) is 3.83. The van der Waals surface area contributed by atoms with Gasteiger partial charge in [0, 0.05) is 32.9 Å². The van der Waals surface area contributed by atoms with Gasteiger partial charge in [-0.2, -0.15) is 0 Å². The van der Waals surface area contributed by atoms with Gasteiger partial charge in [0.15, 0.2) is 5.58 Å². The Bertz CT molecular complexity index is 3180. The molecule has 3 nitrogen and oxygen atoms in total. The van der Waals surface area contributed by atoms with Gasteiger partial charge in [-0.1, -0.05) is 146 Å². The minimum atomic E-state index is 0.817. The Morgan fingerprint density at radius 1 is 0.309 bits per heavy atom. The van der Waals surface area contributed by atoms with E-state index < -0.39 is 0 Å². The van der Waals surface area contributed by atoms with Crippen LogP contribution in [0, 0.1) is 0 Å². The highest BCUT2D eigenvalue weighted by Gasteiger charge is 2.24. The normalized spacial score (nSPS) is 11.6. The van der Waals surface area contributed by atoms with Gasteiger partial charge in [0.05, 0.1) is 5.69 Å². The molecule has 9 aromatic carbocycles. The third kappa shape index (κ3) is 5.28. The monoisotopic (exact) mass is 703 g/mol. The van der Waals surface area contributed by atoms with Gasteiger partial charge >= 0.3 is 0 Å². The van der Waals surface area contributed by atoms with Crippen molar-refractivity contribution in [3.05, 3.63) is 200 Å². The van der Waals surface area contributed by atoms with Gasteiger partial charge in [-0.15, -0.1) is 0 Å². The molecular formula is C52H33NO2. The molecule has 0 saturated heterocycles. The second kappa shape index (κ2) is 12.6. The lowest BCUT2D eigenvalue weighted by Gasteiger charge is -2.27. The van der Waals surface area contributed by atoms with E-state index in [1.165, 1.54) is 27.5 Å². The summed E-state index contributed by atoms with van der Waals surface area (Å²) >= 11 is 0. The maximum Gasteiger partial charge on any atom is 0.159 e. The molecule has 0 amide bonds. The summed E-state index contributed by atoms with van der Waals surface area (Å²) in [5, 5.41) is 6.61. The number of anilines is 3. The zero-order chi connectivity index (χ0) is 36.3. The van der Waals surface area contributed by atoms with Crippen LogP contribution < -0.4 is 4.90 Å². The summed E-state index contributed by atoms with van der Waals surface area (Å²) in [6.45, 7) is 0. The minimum absolute atomic E-state index is 0.817. The molecule has 0 N–H and O–H groups in total. The summed E-state index contributed by atoms with van der Waals surface area (Å²) in [7, 11) is 0. The van der Waals surface area contributed by atoms with Gasteiger partial charge in [-0.25, -0.2) is 0 Å². The van der Waals surface area contributed by atoms with Crippen LogP contribution in [0.3, 0.4) is 0 Å². The Morgan fingerprint density at radius 3 is 1.55 bits per heavy atom. The molecule has 2 heterocycles. The molecule has 0 atom stereocenters. The summed E-state index contributed by atoms with van der Waals surface area (Å²) in [4.78, 5) is 2.35. The molecule has 258 valence electrons. The SMILES string of the molecule is c1ccc(-c2ccc(-c3cc(N(c4ccc(-c5ccccc5)cc4)c4ccc5ccccc5c4)c4oc5ccc6oc7ccccc7c6c5c4c3)cc2)cc1. The van der Waals surface area contributed by atoms with Crippen molar-refractivity contribution in [1.82, 2.24) is 0 Å². The maximum absolute atomic E-state index is 7.00. The van der Waals surface area contributed by atoms with E-state index in [4.69, 9.17) is 8.83 Å². The number of rotatable bonds is 6. The van der Waals surface area contributed by atoms with E-state index in [0.29, 0.717) is 0 Å². The van der Waals surface area contributed by atoms with E-state index in [-0.39, 0.29) is 0 Å². The molecule has 0 fully saturated rings. The third-order valence-electron chi connectivity index (χ3n) is 10.8. The Hall–Kier alpha value is -7.36. The van der Waals surface area contributed by atoms with Gasteiger partial charge in [-0.05, 0) is 98.8 Å². The van der Waals surface area contributed by atoms with E-state index in [9.17, 15) is 0 Å². The van der Waals surface area contributed by atoms with Gasteiger partial charge < -0.3 is 13.7 Å². The first-order valence-corrected chi connectivity index (χ1v) is 18.7. The number of benzene rings is 9. The van der Waals surface area contributed by atoms with Crippen LogP contribution in [0.15, 0.2) is 209 Å². The number of para-hydroxylation sites is 1. The number of furan rings is 2. The molecule has 3 heteroatoms. The van der Waals surface area contributed by atoms with Crippen LogP contribution in [0.1, 0.15) is 0 Å². The predicted molar refractivity (Wildman–Crippen MR) is 229 cm³/mol.